The first-order valence-electron chi connectivity index (χ1n) is 5.98. The number of carbonyl (C=O) groups is 1. The Hall–Kier alpha value is -2.04. The first kappa shape index (κ1) is 13.9. The zero-order chi connectivity index (χ0) is 15.0. The topological polar surface area (TPSA) is 42.2 Å². The molecule has 0 spiro atoms. The molecule has 21 heavy (non-hydrogen) atoms. The lowest BCUT2D eigenvalue weighted by atomic mass is 10.2. The van der Waals surface area contributed by atoms with Crippen molar-refractivity contribution in [3.8, 4) is 0 Å². The van der Waals surface area contributed by atoms with Crippen LogP contribution in [0.25, 0.3) is 11.0 Å². The van der Waals surface area contributed by atoms with Gasteiger partial charge in [0.05, 0.1) is 5.69 Å². The van der Waals surface area contributed by atoms with E-state index < -0.39 is 11.7 Å². The van der Waals surface area contributed by atoms with E-state index in [1.807, 2.05) is 0 Å². The second kappa shape index (κ2) is 5.39. The van der Waals surface area contributed by atoms with Crippen LogP contribution in [0.3, 0.4) is 0 Å². The summed E-state index contributed by atoms with van der Waals surface area (Å²) >= 11 is 11.5. The number of hydrogen-bond donors (Lipinski definition) is 1. The molecule has 0 saturated heterocycles. The highest BCUT2D eigenvalue weighted by atomic mass is 35.5. The molecule has 0 fully saturated rings. The Morgan fingerprint density at radius 1 is 1.05 bits per heavy atom. The van der Waals surface area contributed by atoms with Crippen molar-refractivity contribution < 1.29 is 13.6 Å². The van der Waals surface area contributed by atoms with Gasteiger partial charge in [0.1, 0.15) is 11.4 Å². The molecule has 1 aromatic heterocycles. The monoisotopic (exact) mass is 323 g/mol. The first-order chi connectivity index (χ1) is 10.0. The summed E-state index contributed by atoms with van der Waals surface area (Å²) in [6.45, 7) is 0. The summed E-state index contributed by atoms with van der Waals surface area (Å²) in [4.78, 5) is 12.1. The Kier molecular flexibility index (Phi) is 3.57. The maximum absolute atomic E-state index is 13.6. The van der Waals surface area contributed by atoms with Gasteiger partial charge in [0.2, 0.25) is 0 Å². The normalized spacial score (nSPS) is 10.8. The van der Waals surface area contributed by atoms with E-state index >= 15 is 0 Å². The Labute approximate surface area is 129 Å². The molecule has 106 valence electrons. The highest BCUT2D eigenvalue weighted by molar-refractivity contribution is 6.31. The summed E-state index contributed by atoms with van der Waals surface area (Å²) in [6, 6.07) is 10.5. The lowest BCUT2D eigenvalue weighted by molar-refractivity contribution is 0.0998. The second-order valence-corrected chi connectivity index (χ2v) is 5.24. The van der Waals surface area contributed by atoms with E-state index in [1.54, 1.807) is 24.3 Å². The molecule has 0 aliphatic carbocycles. The van der Waals surface area contributed by atoms with E-state index in [-0.39, 0.29) is 16.5 Å². The van der Waals surface area contributed by atoms with Crippen molar-refractivity contribution in [2.45, 2.75) is 0 Å². The van der Waals surface area contributed by atoms with E-state index in [0.29, 0.717) is 16.0 Å². The van der Waals surface area contributed by atoms with Crippen LogP contribution in [0.4, 0.5) is 10.1 Å². The van der Waals surface area contributed by atoms with Crippen LogP contribution in [0.15, 0.2) is 46.9 Å². The molecular formula is C15H8Cl2FNO2. The van der Waals surface area contributed by atoms with E-state index in [9.17, 15) is 9.18 Å². The molecule has 2 aromatic carbocycles. The minimum absolute atomic E-state index is 0.0305. The average molecular weight is 324 g/mol. The van der Waals surface area contributed by atoms with Gasteiger partial charge in [0, 0.05) is 15.4 Å². The van der Waals surface area contributed by atoms with Crippen molar-refractivity contribution in [1.29, 1.82) is 0 Å². The van der Waals surface area contributed by atoms with Gasteiger partial charge in [-0.15, -0.1) is 0 Å². The SMILES string of the molecule is O=C(Nc1ccc(Cl)cc1F)c1cc2cc(Cl)ccc2o1. The Balaban J connectivity index is 1.89. The van der Waals surface area contributed by atoms with Crippen LogP contribution >= 0.6 is 23.2 Å². The smallest absolute Gasteiger partial charge is 0.291 e. The zero-order valence-electron chi connectivity index (χ0n) is 10.5. The number of carbonyl (C=O) groups excluding carboxylic acids is 1. The molecule has 6 heteroatoms. The summed E-state index contributed by atoms with van der Waals surface area (Å²) in [5, 5.41) is 3.92. The number of anilines is 1. The number of fused-ring (bicyclic) bond motifs is 1. The summed E-state index contributed by atoms with van der Waals surface area (Å²) in [6.07, 6.45) is 0. The average Bonchev–Trinajstić information content (AvgIpc) is 2.85. The van der Waals surface area contributed by atoms with Gasteiger partial charge in [-0.3, -0.25) is 4.79 Å². The minimum atomic E-state index is -0.616. The van der Waals surface area contributed by atoms with E-state index in [0.717, 1.165) is 6.07 Å². The van der Waals surface area contributed by atoms with Crippen molar-refractivity contribution >= 4 is 45.8 Å². The maximum Gasteiger partial charge on any atom is 0.291 e. The van der Waals surface area contributed by atoms with E-state index in [4.69, 9.17) is 27.6 Å². The summed E-state index contributed by atoms with van der Waals surface area (Å²) in [5.41, 5.74) is 0.559. The minimum Gasteiger partial charge on any atom is -0.451 e. The van der Waals surface area contributed by atoms with Crippen LogP contribution in [0.5, 0.6) is 0 Å². The largest absolute Gasteiger partial charge is 0.451 e. The third-order valence-corrected chi connectivity index (χ3v) is 3.35. The van der Waals surface area contributed by atoms with Crippen LogP contribution in [-0.2, 0) is 0 Å². The van der Waals surface area contributed by atoms with Crippen molar-refractivity contribution in [1.82, 2.24) is 0 Å². The fourth-order valence-corrected chi connectivity index (χ4v) is 2.24. The summed E-state index contributed by atoms with van der Waals surface area (Å²) in [5.74, 6) is -1.10. The van der Waals surface area contributed by atoms with E-state index in [1.165, 1.54) is 12.1 Å². The van der Waals surface area contributed by atoms with Crippen molar-refractivity contribution in [2.75, 3.05) is 5.32 Å². The van der Waals surface area contributed by atoms with Crippen LogP contribution in [-0.4, -0.2) is 5.91 Å². The molecule has 1 N–H and O–H groups in total. The van der Waals surface area contributed by atoms with Gasteiger partial charge in [-0.2, -0.15) is 0 Å². The number of rotatable bonds is 2. The number of hydrogen-bond acceptors (Lipinski definition) is 2. The van der Waals surface area contributed by atoms with Crippen molar-refractivity contribution in [3.63, 3.8) is 0 Å². The summed E-state index contributed by atoms with van der Waals surface area (Å²) < 4.78 is 19.0. The molecule has 1 amide bonds. The van der Waals surface area contributed by atoms with Gasteiger partial charge in [0.25, 0.3) is 5.91 Å². The second-order valence-electron chi connectivity index (χ2n) is 4.37. The fraction of sp³-hybridized carbons (Fsp3) is 0. The molecule has 0 aliphatic heterocycles. The molecule has 3 rings (SSSR count). The first-order valence-corrected chi connectivity index (χ1v) is 6.74. The highest BCUT2D eigenvalue weighted by Crippen LogP contribution is 2.24. The zero-order valence-corrected chi connectivity index (χ0v) is 12.0. The number of benzene rings is 2. The van der Waals surface area contributed by atoms with Gasteiger partial charge in [0.15, 0.2) is 5.76 Å². The van der Waals surface area contributed by atoms with Crippen LogP contribution in [0.1, 0.15) is 10.6 Å². The maximum atomic E-state index is 13.6. The Bertz CT molecular complexity index is 845. The molecule has 0 aliphatic rings. The highest BCUT2D eigenvalue weighted by Gasteiger charge is 2.14. The number of amides is 1. The van der Waals surface area contributed by atoms with Gasteiger partial charge in [-0.1, -0.05) is 23.2 Å². The van der Waals surface area contributed by atoms with Gasteiger partial charge < -0.3 is 9.73 Å². The molecule has 0 atom stereocenters. The van der Waals surface area contributed by atoms with Crippen LogP contribution in [0, 0.1) is 5.82 Å². The molecule has 3 nitrogen and oxygen atoms in total. The lowest BCUT2D eigenvalue weighted by Gasteiger charge is -2.04. The molecule has 0 unspecified atom stereocenters. The predicted molar refractivity (Wildman–Crippen MR) is 80.6 cm³/mol. The number of furan rings is 1. The fourth-order valence-electron chi connectivity index (χ4n) is 1.90. The molecule has 0 radical (unpaired) electrons. The van der Waals surface area contributed by atoms with E-state index in [2.05, 4.69) is 5.32 Å². The van der Waals surface area contributed by atoms with Crippen molar-refractivity contribution in [3.05, 3.63) is 64.1 Å². The molecule has 0 saturated carbocycles. The number of nitrogens with one attached hydrogen (secondary N) is 1. The molecule has 0 bridgehead atoms. The molecular weight excluding hydrogens is 316 g/mol. The standard InChI is InChI=1S/C15H8Cl2FNO2/c16-9-2-4-13-8(5-9)6-14(21-13)15(20)19-12-3-1-10(17)7-11(12)18/h1-7H,(H,19,20). The molecule has 3 aromatic rings. The predicted octanol–water partition coefficient (Wildman–Crippen LogP) is 5.13. The third kappa shape index (κ3) is 2.86. The Morgan fingerprint density at radius 3 is 2.52 bits per heavy atom. The van der Waals surface area contributed by atoms with Gasteiger partial charge in [-0.25, -0.2) is 4.39 Å². The van der Waals surface area contributed by atoms with Gasteiger partial charge in [-0.05, 0) is 42.5 Å². The number of halogens is 3. The van der Waals surface area contributed by atoms with Crippen molar-refractivity contribution in [2.24, 2.45) is 0 Å². The summed E-state index contributed by atoms with van der Waals surface area (Å²) in [7, 11) is 0. The third-order valence-electron chi connectivity index (χ3n) is 2.88. The van der Waals surface area contributed by atoms with Crippen LogP contribution in [0.2, 0.25) is 10.0 Å². The van der Waals surface area contributed by atoms with Gasteiger partial charge >= 0.3 is 0 Å². The molecule has 1 heterocycles. The quantitative estimate of drug-likeness (QED) is 0.710. The lowest BCUT2D eigenvalue weighted by Crippen LogP contribution is -2.11. The van der Waals surface area contributed by atoms with Crippen LogP contribution < -0.4 is 5.32 Å². The Morgan fingerprint density at radius 2 is 1.76 bits per heavy atom.